The molecule has 0 aliphatic carbocycles. The summed E-state index contributed by atoms with van der Waals surface area (Å²) in [6.45, 7) is 8.64. The molecule has 0 bridgehead atoms. The van der Waals surface area contributed by atoms with Crippen LogP contribution in [0.2, 0.25) is 0 Å². The summed E-state index contributed by atoms with van der Waals surface area (Å²) in [5, 5.41) is 9.83. The van der Waals surface area contributed by atoms with E-state index in [-0.39, 0.29) is 25.1 Å². The molecule has 1 amide bonds. The number of rotatable bonds is 4. The van der Waals surface area contributed by atoms with Gasteiger partial charge in [-0.1, -0.05) is 13.8 Å². The van der Waals surface area contributed by atoms with E-state index in [0.29, 0.717) is 6.08 Å². The predicted octanol–water partition coefficient (Wildman–Crippen LogP) is 2.88. The van der Waals surface area contributed by atoms with E-state index in [9.17, 15) is 27.3 Å². The Hall–Kier alpha value is -1.77. The Morgan fingerprint density at radius 2 is 1.95 bits per heavy atom. The molecular formula is C13H19F3N2O3S. The molecule has 9 heteroatoms. The topological polar surface area (TPSA) is 69.6 Å². The van der Waals surface area contributed by atoms with Gasteiger partial charge >= 0.3 is 6.18 Å². The zero-order chi connectivity index (χ0) is 17.5. The van der Waals surface area contributed by atoms with Gasteiger partial charge in [-0.25, -0.2) is 4.21 Å². The first kappa shape index (κ1) is 20.2. The van der Waals surface area contributed by atoms with Gasteiger partial charge in [-0.05, 0) is 18.9 Å². The van der Waals surface area contributed by atoms with Gasteiger partial charge in [0.15, 0.2) is 0 Å². The van der Waals surface area contributed by atoms with E-state index in [1.165, 1.54) is 6.92 Å². The molecule has 1 unspecified atom stereocenters. The van der Waals surface area contributed by atoms with E-state index in [0.717, 1.165) is 4.31 Å². The van der Waals surface area contributed by atoms with Gasteiger partial charge in [0, 0.05) is 5.57 Å². The summed E-state index contributed by atoms with van der Waals surface area (Å²) in [5.74, 6) is -1.15. The van der Waals surface area contributed by atoms with Crippen LogP contribution in [0.3, 0.4) is 0 Å². The zero-order valence-electron chi connectivity index (χ0n) is 12.4. The van der Waals surface area contributed by atoms with Gasteiger partial charge < -0.3 is 5.11 Å². The summed E-state index contributed by atoms with van der Waals surface area (Å²) in [6, 6.07) is 0. The number of aliphatic hydroxyl groups is 1. The van der Waals surface area contributed by atoms with Crippen LogP contribution in [0.5, 0.6) is 0 Å². The highest BCUT2D eigenvalue weighted by molar-refractivity contribution is 7.81. The molecule has 1 rings (SSSR count). The molecule has 0 aromatic heterocycles. The Morgan fingerprint density at radius 1 is 1.41 bits per heavy atom. The maximum atomic E-state index is 12.6. The van der Waals surface area contributed by atoms with Crippen LogP contribution in [0.1, 0.15) is 26.7 Å². The third-order valence-electron chi connectivity index (χ3n) is 2.68. The molecule has 0 saturated carbocycles. The molecule has 0 spiro atoms. The fourth-order valence-corrected chi connectivity index (χ4v) is 2.71. The van der Waals surface area contributed by atoms with Crippen molar-refractivity contribution in [3.05, 3.63) is 36.3 Å². The fourth-order valence-electron chi connectivity index (χ4n) is 1.69. The number of halogens is 3. The molecule has 1 atom stereocenters. The first-order chi connectivity index (χ1) is 10.2. The number of carbonyl (C=O) groups is 1. The van der Waals surface area contributed by atoms with Gasteiger partial charge in [0.2, 0.25) is 11.2 Å². The number of nitrogens with zero attached hydrogens (tertiary/aromatic N) is 1. The van der Waals surface area contributed by atoms with E-state index in [2.05, 4.69) is 17.9 Å². The Kier molecular flexibility index (Phi) is 7.93. The lowest BCUT2D eigenvalue weighted by Crippen LogP contribution is -2.24. The normalized spacial score (nSPS) is 20.0. The number of nitrogens with one attached hydrogen (secondary N) is 1. The number of amides is 1. The average molecular weight is 340 g/mol. The number of hydrogen-bond donors (Lipinski definition) is 2. The molecule has 0 aromatic carbocycles. The van der Waals surface area contributed by atoms with Crippen molar-refractivity contribution in [3.8, 4) is 0 Å². The number of aliphatic hydroxyl groups excluding tert-OH is 1. The maximum absolute atomic E-state index is 12.6. The highest BCUT2D eigenvalue weighted by Crippen LogP contribution is 2.30. The van der Waals surface area contributed by atoms with Crippen molar-refractivity contribution in [2.75, 3.05) is 6.54 Å². The SMILES string of the molecule is C=C.CC/C(=C(O)\C=C(/CC)C(F)(F)F)N1CC(=O)NS1=O. The summed E-state index contributed by atoms with van der Waals surface area (Å²) in [4.78, 5) is 11.1. The van der Waals surface area contributed by atoms with E-state index in [4.69, 9.17) is 0 Å². The van der Waals surface area contributed by atoms with E-state index in [1.807, 2.05) is 0 Å². The Labute approximate surface area is 129 Å². The Balaban J connectivity index is 0.00000211. The summed E-state index contributed by atoms with van der Waals surface area (Å²) >= 11 is -1.87. The first-order valence-corrected chi connectivity index (χ1v) is 7.50. The summed E-state index contributed by atoms with van der Waals surface area (Å²) in [5.41, 5.74) is -0.873. The minimum absolute atomic E-state index is 0.0249. The van der Waals surface area contributed by atoms with Crippen molar-refractivity contribution in [3.63, 3.8) is 0 Å². The van der Waals surface area contributed by atoms with Crippen molar-refractivity contribution >= 4 is 17.1 Å². The smallest absolute Gasteiger partial charge is 0.412 e. The monoisotopic (exact) mass is 340 g/mol. The number of hydrogen-bond acceptors (Lipinski definition) is 3. The second-order valence-corrected chi connectivity index (χ2v) is 5.16. The fraction of sp³-hybridized carbons (Fsp3) is 0.462. The highest BCUT2D eigenvalue weighted by atomic mass is 32.2. The zero-order valence-corrected chi connectivity index (χ0v) is 13.2. The lowest BCUT2D eigenvalue weighted by molar-refractivity contribution is -0.118. The third-order valence-corrected chi connectivity index (χ3v) is 3.83. The van der Waals surface area contributed by atoms with Crippen LogP contribution in [0.25, 0.3) is 0 Å². The molecule has 1 aliphatic rings. The van der Waals surface area contributed by atoms with Crippen LogP contribution < -0.4 is 4.72 Å². The Bertz CT molecular complexity index is 501. The van der Waals surface area contributed by atoms with Gasteiger partial charge in [-0.3, -0.25) is 13.8 Å². The van der Waals surface area contributed by atoms with Gasteiger partial charge in [0.25, 0.3) is 5.91 Å². The van der Waals surface area contributed by atoms with Crippen LogP contribution in [0.15, 0.2) is 36.3 Å². The molecule has 1 aliphatic heterocycles. The molecule has 1 saturated heterocycles. The first-order valence-electron chi connectivity index (χ1n) is 6.39. The second-order valence-electron chi connectivity index (χ2n) is 4.02. The standard InChI is InChI=1S/C11H15F3N2O3S.C2H4/c1-3-7(11(12,13)14)5-9(17)8(4-2)16-6-10(18)15-20(16)19;1-2/h5,17H,3-4,6H2,1-2H3,(H,15,18);1-2H2/b7-5+,9-8-;. The van der Waals surface area contributed by atoms with Crippen LogP contribution in [-0.4, -0.2) is 32.2 Å². The average Bonchev–Trinajstić information content (AvgIpc) is 2.77. The van der Waals surface area contributed by atoms with Crippen LogP contribution in [0, 0.1) is 0 Å². The maximum Gasteiger partial charge on any atom is 0.412 e. The number of allylic oxidation sites excluding steroid dienone is 3. The number of alkyl halides is 3. The summed E-state index contributed by atoms with van der Waals surface area (Å²) in [7, 11) is 0. The lowest BCUT2D eigenvalue weighted by atomic mass is 10.1. The van der Waals surface area contributed by atoms with Gasteiger partial charge in [0.05, 0.1) is 5.70 Å². The molecule has 5 nitrogen and oxygen atoms in total. The molecule has 0 radical (unpaired) electrons. The largest absolute Gasteiger partial charge is 0.506 e. The van der Waals surface area contributed by atoms with Crippen LogP contribution >= 0.6 is 0 Å². The van der Waals surface area contributed by atoms with Crippen LogP contribution in [-0.2, 0) is 16.0 Å². The minimum atomic E-state index is -4.54. The molecule has 2 N–H and O–H groups in total. The van der Waals surface area contributed by atoms with Gasteiger partial charge in [0.1, 0.15) is 12.3 Å². The third kappa shape index (κ3) is 5.21. The minimum Gasteiger partial charge on any atom is -0.506 e. The molecular weight excluding hydrogens is 321 g/mol. The summed E-state index contributed by atoms with van der Waals surface area (Å²) < 4.78 is 52.6. The second kappa shape index (κ2) is 8.62. The van der Waals surface area contributed by atoms with Crippen molar-refractivity contribution in [2.24, 2.45) is 0 Å². The van der Waals surface area contributed by atoms with Gasteiger partial charge in [-0.15, -0.1) is 13.2 Å². The van der Waals surface area contributed by atoms with Crippen molar-refractivity contribution in [2.45, 2.75) is 32.9 Å². The van der Waals surface area contributed by atoms with E-state index >= 15 is 0 Å². The molecule has 1 fully saturated rings. The Morgan fingerprint density at radius 3 is 2.27 bits per heavy atom. The van der Waals surface area contributed by atoms with Crippen LogP contribution in [0.4, 0.5) is 13.2 Å². The highest BCUT2D eigenvalue weighted by Gasteiger charge is 2.33. The van der Waals surface area contributed by atoms with Crippen molar-refractivity contribution in [1.82, 2.24) is 9.03 Å². The van der Waals surface area contributed by atoms with Gasteiger partial charge in [-0.2, -0.15) is 13.2 Å². The molecule has 126 valence electrons. The molecule has 1 heterocycles. The molecule has 22 heavy (non-hydrogen) atoms. The van der Waals surface area contributed by atoms with E-state index < -0.39 is 34.6 Å². The summed E-state index contributed by atoms with van der Waals surface area (Å²) in [6.07, 6.45) is -4.10. The van der Waals surface area contributed by atoms with Crippen molar-refractivity contribution < 1.29 is 27.3 Å². The quantitative estimate of drug-likeness (QED) is 0.470. The lowest BCUT2D eigenvalue weighted by Gasteiger charge is -2.18. The predicted molar refractivity (Wildman–Crippen MR) is 78.6 cm³/mol. The molecule has 0 aromatic rings. The van der Waals surface area contributed by atoms with E-state index in [1.54, 1.807) is 6.92 Å². The van der Waals surface area contributed by atoms with Crippen molar-refractivity contribution in [1.29, 1.82) is 0 Å². The number of carbonyl (C=O) groups excluding carboxylic acids is 1.